The Labute approximate surface area is 266 Å². The van der Waals surface area contributed by atoms with E-state index in [-0.39, 0.29) is 0 Å². The molecule has 0 atom stereocenters. The van der Waals surface area contributed by atoms with Crippen molar-refractivity contribution >= 4 is 31.5 Å². The molecule has 0 spiro atoms. The Morgan fingerprint density at radius 1 is 0.422 bits per heavy atom. The van der Waals surface area contributed by atoms with Gasteiger partial charge in [-0.3, -0.25) is 0 Å². The molecule has 0 unspecified atom stereocenters. The first-order chi connectivity index (χ1) is 22.1. The van der Waals surface area contributed by atoms with Gasteiger partial charge in [-0.05, 0) is 65.4 Å². The third-order valence-electron chi connectivity index (χ3n) is 8.33. The molecule has 0 saturated heterocycles. The fourth-order valence-electron chi connectivity index (χ4n) is 6.00. The maximum absolute atomic E-state index is 4.97. The summed E-state index contributed by atoms with van der Waals surface area (Å²) in [6.45, 7) is 4.33. The molecule has 0 N–H and O–H groups in total. The molecular formula is C41H29N3S. The maximum atomic E-state index is 4.97. The van der Waals surface area contributed by atoms with E-state index in [0.29, 0.717) is 17.5 Å². The summed E-state index contributed by atoms with van der Waals surface area (Å²) in [6.07, 6.45) is 0. The number of hydrogen-bond donors (Lipinski definition) is 0. The van der Waals surface area contributed by atoms with Gasteiger partial charge in [-0.15, -0.1) is 11.3 Å². The van der Waals surface area contributed by atoms with E-state index in [1.165, 1.54) is 48.0 Å². The lowest BCUT2D eigenvalue weighted by molar-refractivity contribution is 1.07. The van der Waals surface area contributed by atoms with Crippen LogP contribution in [-0.2, 0) is 0 Å². The number of benzene rings is 6. The lowest BCUT2D eigenvalue weighted by atomic mass is 9.94. The molecule has 0 saturated carbocycles. The summed E-state index contributed by atoms with van der Waals surface area (Å²) in [5.41, 5.74) is 10.2. The summed E-state index contributed by atoms with van der Waals surface area (Å²) in [5, 5.41) is 2.64. The van der Waals surface area contributed by atoms with Crippen LogP contribution in [0.1, 0.15) is 11.1 Å². The van der Waals surface area contributed by atoms with Gasteiger partial charge < -0.3 is 0 Å². The summed E-state index contributed by atoms with van der Waals surface area (Å²) < 4.78 is 2.66. The second-order valence-corrected chi connectivity index (χ2v) is 12.5. The minimum absolute atomic E-state index is 0.658. The van der Waals surface area contributed by atoms with E-state index >= 15 is 0 Å². The van der Waals surface area contributed by atoms with Gasteiger partial charge in [0.25, 0.3) is 0 Å². The number of thiophene rings is 1. The highest BCUT2D eigenvalue weighted by Crippen LogP contribution is 2.41. The number of fused-ring (bicyclic) bond motifs is 3. The van der Waals surface area contributed by atoms with E-state index in [4.69, 9.17) is 15.0 Å². The topological polar surface area (TPSA) is 38.7 Å². The van der Waals surface area contributed by atoms with Crippen LogP contribution in [0.4, 0.5) is 0 Å². The van der Waals surface area contributed by atoms with E-state index < -0.39 is 0 Å². The fraction of sp³-hybridized carbons (Fsp3) is 0.0488. The van der Waals surface area contributed by atoms with Crippen LogP contribution in [0.2, 0.25) is 0 Å². The van der Waals surface area contributed by atoms with Crippen LogP contribution in [0.5, 0.6) is 0 Å². The summed E-state index contributed by atoms with van der Waals surface area (Å²) in [7, 11) is 0. The zero-order valence-electron chi connectivity index (χ0n) is 25.0. The first-order valence-corrected chi connectivity index (χ1v) is 15.9. The molecule has 0 amide bonds. The van der Waals surface area contributed by atoms with Crippen LogP contribution in [-0.4, -0.2) is 15.0 Å². The first-order valence-electron chi connectivity index (χ1n) is 15.1. The maximum Gasteiger partial charge on any atom is 0.164 e. The highest BCUT2D eigenvalue weighted by Gasteiger charge is 2.15. The Morgan fingerprint density at radius 3 is 1.71 bits per heavy atom. The molecule has 45 heavy (non-hydrogen) atoms. The minimum atomic E-state index is 0.658. The summed E-state index contributed by atoms with van der Waals surface area (Å²) >= 11 is 1.88. The summed E-state index contributed by atoms with van der Waals surface area (Å²) in [5.74, 6) is 1.98. The van der Waals surface area contributed by atoms with Gasteiger partial charge in [-0.2, -0.15) is 0 Å². The molecule has 0 aliphatic rings. The second kappa shape index (κ2) is 11.2. The quantitative estimate of drug-likeness (QED) is 0.199. The van der Waals surface area contributed by atoms with Gasteiger partial charge in [-0.1, -0.05) is 121 Å². The largest absolute Gasteiger partial charge is 0.208 e. The molecule has 0 bridgehead atoms. The molecule has 0 fully saturated rings. The number of hydrogen-bond acceptors (Lipinski definition) is 4. The van der Waals surface area contributed by atoms with Gasteiger partial charge >= 0.3 is 0 Å². The first kappa shape index (κ1) is 27.1. The Bertz CT molecular complexity index is 2280. The third kappa shape index (κ3) is 5.09. The van der Waals surface area contributed by atoms with Crippen LogP contribution in [0, 0.1) is 13.8 Å². The van der Waals surface area contributed by atoms with E-state index in [0.717, 1.165) is 22.3 Å². The Kier molecular flexibility index (Phi) is 6.77. The molecular weight excluding hydrogens is 567 g/mol. The van der Waals surface area contributed by atoms with Gasteiger partial charge in [0.1, 0.15) is 0 Å². The van der Waals surface area contributed by atoms with Crippen molar-refractivity contribution in [3.05, 3.63) is 151 Å². The molecule has 4 heteroatoms. The fourth-order valence-corrected chi connectivity index (χ4v) is 7.33. The van der Waals surface area contributed by atoms with E-state index in [2.05, 4.69) is 92.7 Å². The second-order valence-electron chi connectivity index (χ2n) is 11.4. The number of aryl methyl sites for hydroxylation is 2. The normalized spacial score (nSPS) is 11.3. The smallest absolute Gasteiger partial charge is 0.164 e. The average Bonchev–Trinajstić information content (AvgIpc) is 3.47. The molecule has 3 nitrogen and oxygen atoms in total. The van der Waals surface area contributed by atoms with Crippen molar-refractivity contribution in [2.75, 3.05) is 0 Å². The van der Waals surface area contributed by atoms with Crippen molar-refractivity contribution in [2.24, 2.45) is 0 Å². The van der Waals surface area contributed by atoms with E-state index in [1.54, 1.807) is 0 Å². The van der Waals surface area contributed by atoms with Crippen molar-refractivity contribution in [3.63, 3.8) is 0 Å². The Morgan fingerprint density at radius 2 is 1.02 bits per heavy atom. The highest BCUT2D eigenvalue weighted by molar-refractivity contribution is 7.26. The molecule has 0 aliphatic carbocycles. The molecule has 6 aromatic carbocycles. The number of nitrogens with zero attached hydrogens (tertiary/aromatic N) is 3. The van der Waals surface area contributed by atoms with Gasteiger partial charge in [0.05, 0.1) is 0 Å². The molecule has 0 aliphatic heterocycles. The summed E-state index contributed by atoms with van der Waals surface area (Å²) in [6, 6.07) is 49.0. The lowest BCUT2D eigenvalue weighted by Crippen LogP contribution is -2.00. The van der Waals surface area contributed by atoms with Crippen molar-refractivity contribution in [1.29, 1.82) is 0 Å². The predicted octanol–water partition coefficient (Wildman–Crippen LogP) is 11.2. The van der Waals surface area contributed by atoms with Gasteiger partial charge in [-0.25, -0.2) is 15.0 Å². The van der Waals surface area contributed by atoms with Crippen molar-refractivity contribution in [3.8, 4) is 56.4 Å². The van der Waals surface area contributed by atoms with E-state index in [1.807, 2.05) is 72.0 Å². The van der Waals surface area contributed by atoms with E-state index in [9.17, 15) is 0 Å². The molecule has 0 radical (unpaired) electrons. The number of rotatable bonds is 5. The third-order valence-corrected chi connectivity index (χ3v) is 9.54. The predicted molar refractivity (Wildman–Crippen MR) is 189 cm³/mol. The monoisotopic (exact) mass is 595 g/mol. The molecule has 8 rings (SSSR count). The lowest BCUT2D eigenvalue weighted by Gasteiger charge is -2.12. The zero-order valence-corrected chi connectivity index (χ0v) is 25.8. The SMILES string of the molecule is Cc1ccc2c(c1)sc1c(-c3cccc(-c4cc(-c5nc(-c6ccccc6)nc(-c6ccccc6)n5)ccc4C)c3)cccc12. The van der Waals surface area contributed by atoms with Gasteiger partial charge in [0, 0.05) is 36.9 Å². The van der Waals surface area contributed by atoms with Crippen molar-refractivity contribution < 1.29 is 0 Å². The van der Waals surface area contributed by atoms with Crippen LogP contribution in [0.25, 0.3) is 76.6 Å². The Balaban J connectivity index is 1.24. The van der Waals surface area contributed by atoms with Gasteiger partial charge in [0.15, 0.2) is 17.5 Å². The van der Waals surface area contributed by atoms with Crippen molar-refractivity contribution in [1.82, 2.24) is 15.0 Å². The Hall–Kier alpha value is -5.45. The summed E-state index contributed by atoms with van der Waals surface area (Å²) in [4.78, 5) is 14.8. The van der Waals surface area contributed by atoms with Crippen LogP contribution < -0.4 is 0 Å². The van der Waals surface area contributed by atoms with Gasteiger partial charge in [0.2, 0.25) is 0 Å². The molecule has 8 aromatic rings. The molecule has 2 heterocycles. The molecule has 2 aromatic heterocycles. The molecule has 214 valence electrons. The van der Waals surface area contributed by atoms with Crippen LogP contribution in [0.15, 0.2) is 140 Å². The highest BCUT2D eigenvalue weighted by atomic mass is 32.1. The van der Waals surface area contributed by atoms with Crippen LogP contribution in [0.3, 0.4) is 0 Å². The van der Waals surface area contributed by atoms with Crippen LogP contribution >= 0.6 is 11.3 Å². The minimum Gasteiger partial charge on any atom is -0.208 e. The average molecular weight is 596 g/mol. The number of aromatic nitrogens is 3. The van der Waals surface area contributed by atoms with Crippen molar-refractivity contribution in [2.45, 2.75) is 13.8 Å². The standard InChI is InChI=1S/C41H29N3S/c1-26-19-22-34-35-18-10-17-33(38(35)45-37(34)23-26)30-15-9-16-31(24-30)36-25-32(21-20-27(36)2)41-43-39(28-11-5-3-6-12-28)42-40(44-41)29-13-7-4-8-14-29/h3-25H,1-2H3. The zero-order chi connectivity index (χ0) is 30.3.